The molecule has 0 fully saturated rings. The normalized spacial score (nSPS) is 11.6. The molecule has 29 heavy (non-hydrogen) atoms. The summed E-state index contributed by atoms with van der Waals surface area (Å²) in [6.07, 6.45) is 1.87. The van der Waals surface area contributed by atoms with Crippen LogP contribution in [0.2, 0.25) is 0 Å². The number of para-hydroxylation sites is 1. The number of esters is 1. The molecule has 1 N–H and O–H groups in total. The summed E-state index contributed by atoms with van der Waals surface area (Å²) in [4.78, 5) is 24.2. The Kier molecular flexibility index (Phi) is 8.09. The van der Waals surface area contributed by atoms with E-state index in [9.17, 15) is 9.59 Å². The highest BCUT2D eigenvalue weighted by Gasteiger charge is 2.16. The van der Waals surface area contributed by atoms with Crippen LogP contribution in [-0.4, -0.2) is 39.3 Å². The van der Waals surface area contributed by atoms with Gasteiger partial charge < -0.3 is 24.3 Å². The first-order chi connectivity index (χ1) is 14.0. The molecule has 0 saturated carbocycles. The molecular formula is C22H25NO6. The summed E-state index contributed by atoms with van der Waals surface area (Å²) in [6.45, 7) is 1.78. The monoisotopic (exact) mass is 399 g/mol. The second-order valence-electron chi connectivity index (χ2n) is 6.09. The van der Waals surface area contributed by atoms with E-state index in [0.717, 1.165) is 5.56 Å². The second-order valence-corrected chi connectivity index (χ2v) is 6.09. The molecule has 0 spiro atoms. The third-order valence-electron chi connectivity index (χ3n) is 4.09. The van der Waals surface area contributed by atoms with Crippen LogP contribution in [0.4, 0.5) is 0 Å². The number of rotatable bonds is 9. The lowest BCUT2D eigenvalue weighted by atomic mass is 10.2. The molecule has 2 rings (SSSR count). The van der Waals surface area contributed by atoms with Crippen LogP contribution >= 0.6 is 0 Å². The largest absolute Gasteiger partial charge is 0.497 e. The van der Waals surface area contributed by atoms with Gasteiger partial charge in [0.2, 0.25) is 0 Å². The Balaban J connectivity index is 1.91. The van der Waals surface area contributed by atoms with Crippen molar-refractivity contribution >= 4 is 18.0 Å². The van der Waals surface area contributed by atoms with Gasteiger partial charge in [-0.05, 0) is 36.8 Å². The lowest BCUT2D eigenvalue weighted by molar-refractivity contribution is -0.150. The number of carbonyl (C=O) groups is 2. The summed E-state index contributed by atoms with van der Waals surface area (Å²) in [5.74, 6) is 0.837. The van der Waals surface area contributed by atoms with E-state index >= 15 is 0 Å². The Hall–Kier alpha value is -3.48. The third-order valence-corrected chi connectivity index (χ3v) is 4.09. The Morgan fingerprint density at radius 3 is 2.28 bits per heavy atom. The number of hydrogen-bond donors (Lipinski definition) is 1. The Bertz CT molecular complexity index is 855. The molecule has 0 saturated heterocycles. The molecule has 2 aromatic rings. The van der Waals surface area contributed by atoms with Crippen LogP contribution in [0.5, 0.6) is 17.2 Å². The molecule has 154 valence electrons. The number of nitrogens with one attached hydrogen (secondary N) is 1. The smallest absolute Gasteiger partial charge is 0.331 e. The molecule has 2 aromatic carbocycles. The van der Waals surface area contributed by atoms with E-state index in [0.29, 0.717) is 22.8 Å². The molecule has 0 aliphatic carbocycles. The van der Waals surface area contributed by atoms with Gasteiger partial charge in [0.1, 0.15) is 17.2 Å². The SMILES string of the molecule is COc1cc(/C=C/C(=O)O[C@H](C)C(=O)NCc2ccccc2OC)cc(OC)c1. The summed E-state index contributed by atoms with van der Waals surface area (Å²) in [5.41, 5.74) is 1.53. The minimum absolute atomic E-state index is 0.268. The zero-order chi connectivity index (χ0) is 21.2. The predicted molar refractivity (Wildman–Crippen MR) is 109 cm³/mol. The first-order valence-corrected chi connectivity index (χ1v) is 8.98. The topological polar surface area (TPSA) is 83.1 Å². The molecule has 0 bridgehead atoms. The fraction of sp³-hybridized carbons (Fsp3) is 0.273. The van der Waals surface area contributed by atoms with Crippen molar-refractivity contribution in [2.75, 3.05) is 21.3 Å². The number of benzene rings is 2. The standard InChI is InChI=1S/C22H25NO6/c1-15(22(25)23-14-17-7-5-6-8-20(17)28-4)29-21(24)10-9-16-11-18(26-2)13-19(12-16)27-3/h5-13,15H,14H2,1-4H3,(H,23,25)/b10-9+/t15-/m1/s1. The van der Waals surface area contributed by atoms with E-state index in [2.05, 4.69) is 5.32 Å². The van der Waals surface area contributed by atoms with Crippen LogP contribution in [0, 0.1) is 0 Å². The Morgan fingerprint density at radius 2 is 1.66 bits per heavy atom. The summed E-state index contributed by atoms with van der Waals surface area (Å²) < 4.78 is 20.8. The molecule has 0 aliphatic heterocycles. The van der Waals surface area contributed by atoms with Crippen molar-refractivity contribution in [1.29, 1.82) is 0 Å². The molecule has 7 nitrogen and oxygen atoms in total. The van der Waals surface area contributed by atoms with Gasteiger partial charge >= 0.3 is 5.97 Å². The van der Waals surface area contributed by atoms with Gasteiger partial charge in [-0.15, -0.1) is 0 Å². The maximum atomic E-state index is 12.2. The van der Waals surface area contributed by atoms with Crippen molar-refractivity contribution < 1.29 is 28.5 Å². The third kappa shape index (κ3) is 6.57. The maximum Gasteiger partial charge on any atom is 0.331 e. The first-order valence-electron chi connectivity index (χ1n) is 8.98. The summed E-state index contributed by atoms with van der Waals surface area (Å²) in [6, 6.07) is 12.6. The van der Waals surface area contributed by atoms with Crippen LogP contribution < -0.4 is 19.5 Å². The van der Waals surface area contributed by atoms with Crippen LogP contribution in [-0.2, 0) is 20.9 Å². The number of carbonyl (C=O) groups excluding carboxylic acids is 2. The van der Waals surface area contributed by atoms with Crippen LogP contribution in [0.1, 0.15) is 18.1 Å². The average molecular weight is 399 g/mol. The van der Waals surface area contributed by atoms with Gasteiger partial charge in [-0.1, -0.05) is 18.2 Å². The number of ether oxygens (including phenoxy) is 4. The molecule has 0 radical (unpaired) electrons. The van der Waals surface area contributed by atoms with Gasteiger partial charge in [0.15, 0.2) is 6.10 Å². The highest BCUT2D eigenvalue weighted by Crippen LogP contribution is 2.23. The Morgan fingerprint density at radius 1 is 1.00 bits per heavy atom. The molecule has 0 unspecified atom stereocenters. The van der Waals surface area contributed by atoms with E-state index in [1.54, 1.807) is 45.6 Å². The van der Waals surface area contributed by atoms with Crippen molar-refractivity contribution in [1.82, 2.24) is 5.32 Å². The maximum absolute atomic E-state index is 12.2. The van der Waals surface area contributed by atoms with Gasteiger partial charge in [0.05, 0.1) is 21.3 Å². The Labute approximate surface area is 170 Å². The molecule has 0 aromatic heterocycles. The summed E-state index contributed by atoms with van der Waals surface area (Å²) in [7, 11) is 4.65. The van der Waals surface area contributed by atoms with Gasteiger partial charge in [0, 0.05) is 24.3 Å². The molecule has 0 heterocycles. The van der Waals surface area contributed by atoms with E-state index in [1.165, 1.54) is 13.0 Å². The molecular weight excluding hydrogens is 374 g/mol. The van der Waals surface area contributed by atoms with Crippen LogP contribution in [0.3, 0.4) is 0 Å². The minimum atomic E-state index is -0.943. The number of methoxy groups -OCH3 is 3. The fourth-order valence-corrected chi connectivity index (χ4v) is 2.53. The van der Waals surface area contributed by atoms with E-state index in [-0.39, 0.29) is 6.54 Å². The fourth-order valence-electron chi connectivity index (χ4n) is 2.53. The van der Waals surface area contributed by atoms with E-state index < -0.39 is 18.0 Å². The van der Waals surface area contributed by atoms with Crippen LogP contribution in [0.15, 0.2) is 48.5 Å². The van der Waals surface area contributed by atoms with Crippen molar-refractivity contribution in [3.8, 4) is 17.2 Å². The van der Waals surface area contributed by atoms with E-state index in [1.807, 2.05) is 24.3 Å². The molecule has 0 aliphatic rings. The van der Waals surface area contributed by atoms with Crippen molar-refractivity contribution in [3.63, 3.8) is 0 Å². The summed E-state index contributed by atoms with van der Waals surface area (Å²) >= 11 is 0. The number of amides is 1. The predicted octanol–water partition coefficient (Wildman–Crippen LogP) is 2.97. The number of hydrogen-bond acceptors (Lipinski definition) is 6. The second kappa shape index (κ2) is 10.8. The van der Waals surface area contributed by atoms with Crippen molar-refractivity contribution in [2.24, 2.45) is 0 Å². The van der Waals surface area contributed by atoms with Gasteiger partial charge in [-0.2, -0.15) is 0 Å². The molecule has 1 amide bonds. The van der Waals surface area contributed by atoms with Gasteiger partial charge in [0.25, 0.3) is 5.91 Å². The highest BCUT2D eigenvalue weighted by atomic mass is 16.5. The zero-order valence-electron chi connectivity index (χ0n) is 16.9. The summed E-state index contributed by atoms with van der Waals surface area (Å²) in [5, 5.41) is 2.73. The zero-order valence-corrected chi connectivity index (χ0v) is 16.9. The highest BCUT2D eigenvalue weighted by molar-refractivity contribution is 5.90. The molecule has 7 heteroatoms. The van der Waals surface area contributed by atoms with Crippen molar-refractivity contribution in [3.05, 3.63) is 59.7 Å². The van der Waals surface area contributed by atoms with Gasteiger partial charge in [-0.3, -0.25) is 4.79 Å². The minimum Gasteiger partial charge on any atom is -0.497 e. The van der Waals surface area contributed by atoms with Crippen molar-refractivity contribution in [2.45, 2.75) is 19.6 Å². The first kappa shape index (κ1) is 21.8. The average Bonchev–Trinajstić information content (AvgIpc) is 2.75. The van der Waals surface area contributed by atoms with Crippen LogP contribution in [0.25, 0.3) is 6.08 Å². The lowest BCUT2D eigenvalue weighted by Crippen LogP contribution is -2.35. The molecule has 1 atom stereocenters. The quantitative estimate of drug-likeness (QED) is 0.516. The van der Waals surface area contributed by atoms with E-state index in [4.69, 9.17) is 18.9 Å². The van der Waals surface area contributed by atoms with Gasteiger partial charge in [-0.25, -0.2) is 4.79 Å². The lowest BCUT2D eigenvalue weighted by Gasteiger charge is -2.13.